The molecule has 0 saturated carbocycles. The van der Waals surface area contributed by atoms with Crippen LogP contribution in [0.15, 0.2) is 36.5 Å². The molecule has 1 atom stereocenters. The van der Waals surface area contributed by atoms with Gasteiger partial charge in [0.1, 0.15) is 0 Å². The molecule has 1 unspecified atom stereocenters. The van der Waals surface area contributed by atoms with Crippen LogP contribution in [0.1, 0.15) is 29.6 Å². The molecule has 1 amide bonds. The van der Waals surface area contributed by atoms with Crippen molar-refractivity contribution in [3.63, 3.8) is 0 Å². The number of nitrogens with zero attached hydrogens (tertiary/aromatic N) is 1. The summed E-state index contributed by atoms with van der Waals surface area (Å²) >= 11 is 0. The number of hydroxylamine groups is 1. The van der Waals surface area contributed by atoms with Crippen molar-refractivity contribution in [2.75, 3.05) is 6.61 Å². The molecular weight excluding hydrogens is 270 g/mol. The van der Waals surface area contributed by atoms with Crippen LogP contribution in [0.2, 0.25) is 0 Å². The first-order valence-corrected chi connectivity index (χ1v) is 7.01. The van der Waals surface area contributed by atoms with Crippen LogP contribution in [0.4, 0.5) is 0 Å². The van der Waals surface area contributed by atoms with Crippen LogP contribution in [0.25, 0.3) is 11.3 Å². The third kappa shape index (κ3) is 3.29. The van der Waals surface area contributed by atoms with Crippen molar-refractivity contribution in [3.8, 4) is 11.3 Å². The summed E-state index contributed by atoms with van der Waals surface area (Å²) in [4.78, 5) is 17.5. The van der Waals surface area contributed by atoms with Crippen LogP contribution in [0.5, 0.6) is 0 Å². The summed E-state index contributed by atoms with van der Waals surface area (Å²) in [6, 6.07) is 9.56. The lowest BCUT2D eigenvalue weighted by atomic mass is 10.1. The van der Waals surface area contributed by atoms with Crippen LogP contribution in [0.3, 0.4) is 0 Å². The number of benzene rings is 1. The molecule has 6 nitrogen and oxygen atoms in total. The quantitative estimate of drug-likeness (QED) is 0.846. The van der Waals surface area contributed by atoms with Gasteiger partial charge in [0, 0.05) is 18.6 Å². The normalized spacial score (nSPS) is 18.4. The highest BCUT2D eigenvalue weighted by Crippen LogP contribution is 2.20. The Bertz CT molecular complexity index is 591. The van der Waals surface area contributed by atoms with Gasteiger partial charge in [-0.3, -0.25) is 9.89 Å². The van der Waals surface area contributed by atoms with Gasteiger partial charge in [-0.1, -0.05) is 30.3 Å². The molecule has 1 aliphatic rings. The maximum absolute atomic E-state index is 12.2. The summed E-state index contributed by atoms with van der Waals surface area (Å²) in [5, 5.41) is 6.78. The average Bonchev–Trinajstić information content (AvgIpc) is 3.04. The van der Waals surface area contributed by atoms with Gasteiger partial charge in [-0.2, -0.15) is 5.10 Å². The molecule has 21 heavy (non-hydrogen) atoms. The van der Waals surface area contributed by atoms with E-state index in [2.05, 4.69) is 15.7 Å². The molecular formula is C15H17N3O3. The maximum atomic E-state index is 12.2. The van der Waals surface area contributed by atoms with Gasteiger partial charge in [0.2, 0.25) is 0 Å². The Balaban J connectivity index is 1.66. The molecule has 1 fully saturated rings. The Morgan fingerprint density at radius 2 is 2.19 bits per heavy atom. The van der Waals surface area contributed by atoms with Gasteiger partial charge in [0.15, 0.2) is 6.29 Å². The third-order valence-corrected chi connectivity index (χ3v) is 3.37. The van der Waals surface area contributed by atoms with Crippen molar-refractivity contribution in [1.29, 1.82) is 0 Å². The van der Waals surface area contributed by atoms with Crippen LogP contribution < -0.4 is 5.48 Å². The minimum absolute atomic E-state index is 0.336. The predicted molar refractivity (Wildman–Crippen MR) is 76.2 cm³/mol. The number of nitrogens with one attached hydrogen (secondary N) is 2. The molecule has 3 rings (SSSR count). The number of ether oxygens (including phenoxy) is 1. The van der Waals surface area contributed by atoms with E-state index in [9.17, 15) is 4.79 Å². The number of hydrogen-bond acceptors (Lipinski definition) is 4. The van der Waals surface area contributed by atoms with Crippen LogP contribution >= 0.6 is 0 Å². The summed E-state index contributed by atoms with van der Waals surface area (Å²) in [7, 11) is 0. The molecule has 1 aromatic carbocycles. The van der Waals surface area contributed by atoms with E-state index < -0.39 is 0 Å². The highest BCUT2D eigenvalue weighted by atomic mass is 16.8. The molecule has 0 bridgehead atoms. The number of aromatic nitrogens is 2. The molecule has 2 aromatic rings. The lowest BCUT2D eigenvalue weighted by Gasteiger charge is -2.22. The monoisotopic (exact) mass is 287 g/mol. The number of H-pyrrole nitrogens is 1. The summed E-state index contributed by atoms with van der Waals surface area (Å²) in [5.41, 5.74) is 4.45. The molecule has 2 heterocycles. The number of hydrogen-bond donors (Lipinski definition) is 2. The van der Waals surface area contributed by atoms with E-state index in [0.29, 0.717) is 17.9 Å². The zero-order valence-electron chi connectivity index (χ0n) is 11.5. The fraction of sp³-hybridized carbons (Fsp3) is 0.333. The molecule has 1 aliphatic heterocycles. The largest absolute Gasteiger partial charge is 0.350 e. The fourth-order valence-electron chi connectivity index (χ4n) is 2.26. The Kier molecular flexibility index (Phi) is 4.28. The SMILES string of the molecule is O=C(NOC1CCCCO1)c1cn[nH]c1-c1ccccc1. The first kappa shape index (κ1) is 13.8. The highest BCUT2D eigenvalue weighted by molar-refractivity contribution is 5.99. The van der Waals surface area contributed by atoms with Crippen LogP contribution in [-0.2, 0) is 9.57 Å². The molecule has 6 heteroatoms. The van der Waals surface area contributed by atoms with Gasteiger partial charge in [-0.15, -0.1) is 0 Å². The van der Waals surface area contributed by atoms with Crippen molar-refractivity contribution in [2.24, 2.45) is 0 Å². The Morgan fingerprint density at radius 1 is 1.33 bits per heavy atom. The highest BCUT2D eigenvalue weighted by Gasteiger charge is 2.19. The molecule has 2 N–H and O–H groups in total. The Hall–Kier alpha value is -2.18. The van der Waals surface area contributed by atoms with Crippen molar-refractivity contribution >= 4 is 5.91 Å². The van der Waals surface area contributed by atoms with E-state index in [1.807, 2.05) is 30.3 Å². The zero-order chi connectivity index (χ0) is 14.5. The molecule has 1 saturated heterocycles. The number of amides is 1. The lowest BCUT2D eigenvalue weighted by molar-refractivity contribution is -0.186. The first-order valence-electron chi connectivity index (χ1n) is 7.01. The molecule has 0 radical (unpaired) electrons. The number of aromatic amines is 1. The third-order valence-electron chi connectivity index (χ3n) is 3.37. The first-order chi connectivity index (χ1) is 10.3. The van der Waals surface area contributed by atoms with Gasteiger partial charge in [-0.25, -0.2) is 10.3 Å². The van der Waals surface area contributed by atoms with E-state index in [4.69, 9.17) is 9.57 Å². The van der Waals surface area contributed by atoms with Gasteiger partial charge >= 0.3 is 0 Å². The zero-order valence-corrected chi connectivity index (χ0v) is 11.5. The second-order valence-corrected chi connectivity index (χ2v) is 4.87. The predicted octanol–water partition coefficient (Wildman–Crippen LogP) is 2.26. The maximum Gasteiger partial charge on any atom is 0.278 e. The van der Waals surface area contributed by atoms with Gasteiger partial charge in [0.05, 0.1) is 17.5 Å². The second kappa shape index (κ2) is 6.51. The smallest absolute Gasteiger partial charge is 0.278 e. The molecule has 0 aliphatic carbocycles. The minimum atomic E-state index is -0.366. The van der Waals surface area contributed by atoms with Crippen molar-refractivity contribution in [2.45, 2.75) is 25.6 Å². The topological polar surface area (TPSA) is 76.2 Å². The minimum Gasteiger partial charge on any atom is -0.350 e. The van der Waals surface area contributed by atoms with E-state index in [0.717, 1.165) is 24.8 Å². The van der Waals surface area contributed by atoms with Gasteiger partial charge in [0.25, 0.3) is 5.91 Å². The molecule has 1 aromatic heterocycles. The summed E-state index contributed by atoms with van der Waals surface area (Å²) < 4.78 is 5.40. The summed E-state index contributed by atoms with van der Waals surface area (Å²) in [5.74, 6) is -0.336. The van der Waals surface area contributed by atoms with Gasteiger partial charge < -0.3 is 4.74 Å². The molecule has 0 spiro atoms. The standard InChI is InChI=1S/C15H17N3O3/c19-15(18-21-13-8-4-5-9-20-13)12-10-16-17-14(12)11-6-2-1-3-7-11/h1-3,6-7,10,13H,4-5,8-9H2,(H,16,17)(H,18,19). The van der Waals surface area contributed by atoms with Crippen molar-refractivity contribution in [1.82, 2.24) is 15.7 Å². The average molecular weight is 287 g/mol. The summed E-state index contributed by atoms with van der Waals surface area (Å²) in [6.45, 7) is 0.668. The second-order valence-electron chi connectivity index (χ2n) is 4.87. The van der Waals surface area contributed by atoms with Crippen LogP contribution in [0, 0.1) is 0 Å². The van der Waals surface area contributed by atoms with E-state index >= 15 is 0 Å². The Labute approximate surface area is 122 Å². The van der Waals surface area contributed by atoms with E-state index in [1.165, 1.54) is 6.20 Å². The van der Waals surface area contributed by atoms with Crippen molar-refractivity contribution in [3.05, 3.63) is 42.1 Å². The van der Waals surface area contributed by atoms with E-state index in [1.54, 1.807) is 0 Å². The number of rotatable bonds is 4. The van der Waals surface area contributed by atoms with Crippen molar-refractivity contribution < 1.29 is 14.4 Å². The number of carbonyl (C=O) groups excluding carboxylic acids is 1. The number of carbonyl (C=O) groups is 1. The fourth-order valence-corrected chi connectivity index (χ4v) is 2.26. The van der Waals surface area contributed by atoms with E-state index in [-0.39, 0.29) is 12.2 Å². The molecule has 110 valence electrons. The van der Waals surface area contributed by atoms with Gasteiger partial charge in [-0.05, 0) is 12.8 Å². The van der Waals surface area contributed by atoms with Crippen LogP contribution in [-0.4, -0.2) is 29.0 Å². The lowest BCUT2D eigenvalue weighted by Crippen LogP contribution is -2.33. The Morgan fingerprint density at radius 3 is 2.95 bits per heavy atom. The summed E-state index contributed by atoms with van der Waals surface area (Å²) in [6.07, 6.45) is 3.99.